The van der Waals surface area contributed by atoms with Gasteiger partial charge in [0.25, 0.3) is 0 Å². The summed E-state index contributed by atoms with van der Waals surface area (Å²) in [6.45, 7) is 6.26. The summed E-state index contributed by atoms with van der Waals surface area (Å²) in [6, 6.07) is 4.48. The van der Waals surface area contributed by atoms with E-state index in [0.717, 1.165) is 18.9 Å². The lowest BCUT2D eigenvalue weighted by atomic mass is 9.99. The number of nitrogens with one attached hydrogen (secondary N) is 1. The Morgan fingerprint density at radius 2 is 1.84 bits per heavy atom. The van der Waals surface area contributed by atoms with Crippen LogP contribution < -0.4 is 5.43 Å². The first-order chi connectivity index (χ1) is 8.99. The van der Waals surface area contributed by atoms with Crippen molar-refractivity contribution in [3.05, 3.63) is 35.4 Å². The van der Waals surface area contributed by atoms with Gasteiger partial charge in [-0.3, -0.25) is 0 Å². The minimum atomic E-state index is -0.534. The molecular formula is C15H22F2N2. The van der Waals surface area contributed by atoms with Gasteiger partial charge in [-0.2, -0.15) is 0 Å². The second kappa shape index (κ2) is 5.97. The molecular weight excluding hydrogens is 246 g/mol. The van der Waals surface area contributed by atoms with Gasteiger partial charge in [-0.1, -0.05) is 12.5 Å². The maximum absolute atomic E-state index is 13.8. The van der Waals surface area contributed by atoms with Crippen LogP contribution in [0.5, 0.6) is 0 Å². The number of hydrazine groups is 1. The van der Waals surface area contributed by atoms with Crippen molar-refractivity contribution in [2.75, 3.05) is 0 Å². The van der Waals surface area contributed by atoms with Gasteiger partial charge in [0.15, 0.2) is 0 Å². The molecule has 0 bridgehead atoms. The van der Waals surface area contributed by atoms with Gasteiger partial charge in [0.05, 0.1) is 0 Å². The zero-order valence-corrected chi connectivity index (χ0v) is 11.8. The molecule has 0 amide bonds. The third kappa shape index (κ3) is 3.31. The maximum Gasteiger partial charge on any atom is 0.130 e. The smallest absolute Gasteiger partial charge is 0.130 e. The number of halogens is 2. The van der Waals surface area contributed by atoms with Gasteiger partial charge in [-0.25, -0.2) is 19.2 Å². The van der Waals surface area contributed by atoms with E-state index in [-0.39, 0.29) is 6.04 Å². The molecule has 1 heterocycles. The Labute approximate surface area is 113 Å². The number of benzene rings is 1. The minimum Gasteiger partial charge on any atom is -0.247 e. The van der Waals surface area contributed by atoms with Crippen LogP contribution in [0.1, 0.15) is 51.6 Å². The fourth-order valence-corrected chi connectivity index (χ4v) is 2.82. The summed E-state index contributed by atoms with van der Waals surface area (Å²) in [6.07, 6.45) is 3.53. The topological polar surface area (TPSA) is 15.3 Å². The summed E-state index contributed by atoms with van der Waals surface area (Å²) in [5, 5.41) is 2.21. The summed E-state index contributed by atoms with van der Waals surface area (Å²) in [7, 11) is 0. The zero-order chi connectivity index (χ0) is 14.0. The first-order valence-corrected chi connectivity index (χ1v) is 6.98. The molecule has 0 aliphatic carbocycles. The summed E-state index contributed by atoms with van der Waals surface area (Å²) < 4.78 is 26.7. The number of piperidine rings is 1. The Morgan fingerprint density at radius 1 is 1.21 bits per heavy atom. The highest BCUT2D eigenvalue weighted by atomic mass is 19.1. The van der Waals surface area contributed by atoms with E-state index in [2.05, 4.69) is 24.3 Å². The summed E-state index contributed by atoms with van der Waals surface area (Å²) in [5.74, 6) is -1.02. The second-order valence-electron chi connectivity index (χ2n) is 5.55. The molecule has 106 valence electrons. The Balaban J connectivity index is 2.09. The molecule has 2 nitrogen and oxygen atoms in total. The van der Waals surface area contributed by atoms with Gasteiger partial charge in [0.2, 0.25) is 0 Å². The average molecular weight is 268 g/mol. The SMILES string of the molecule is CC(NN1C(C)CCCC1C)c1ccc(F)cc1F. The number of hydrogen-bond acceptors (Lipinski definition) is 2. The standard InChI is InChI=1S/C15H22F2N2/c1-10-5-4-6-11(2)19(10)18-12(3)14-8-7-13(16)9-15(14)17/h7-12,18H,4-6H2,1-3H3. The lowest BCUT2D eigenvalue weighted by Crippen LogP contribution is -2.52. The van der Waals surface area contributed by atoms with Crippen molar-refractivity contribution in [2.24, 2.45) is 0 Å². The molecule has 1 saturated heterocycles. The second-order valence-corrected chi connectivity index (χ2v) is 5.55. The highest BCUT2D eigenvalue weighted by Gasteiger charge is 2.26. The first-order valence-electron chi connectivity index (χ1n) is 6.98. The molecule has 2 rings (SSSR count). The van der Waals surface area contributed by atoms with Crippen molar-refractivity contribution in [1.29, 1.82) is 0 Å². The van der Waals surface area contributed by atoms with Gasteiger partial charge in [0, 0.05) is 29.8 Å². The maximum atomic E-state index is 13.8. The van der Waals surface area contributed by atoms with Crippen LogP contribution in [0, 0.1) is 11.6 Å². The van der Waals surface area contributed by atoms with E-state index >= 15 is 0 Å². The molecule has 0 spiro atoms. The van der Waals surface area contributed by atoms with Crippen molar-refractivity contribution in [1.82, 2.24) is 10.4 Å². The monoisotopic (exact) mass is 268 g/mol. The lowest BCUT2D eigenvalue weighted by molar-refractivity contribution is 0.0315. The normalized spacial score (nSPS) is 26.4. The van der Waals surface area contributed by atoms with E-state index in [1.54, 1.807) is 0 Å². The fraction of sp³-hybridized carbons (Fsp3) is 0.600. The van der Waals surface area contributed by atoms with Crippen molar-refractivity contribution < 1.29 is 8.78 Å². The molecule has 0 saturated carbocycles. The largest absolute Gasteiger partial charge is 0.247 e. The average Bonchev–Trinajstić information content (AvgIpc) is 2.33. The Morgan fingerprint density at radius 3 is 2.42 bits per heavy atom. The van der Waals surface area contributed by atoms with Gasteiger partial charge in [0.1, 0.15) is 11.6 Å². The molecule has 0 radical (unpaired) electrons. The highest BCUT2D eigenvalue weighted by Crippen LogP contribution is 2.24. The number of hydrogen-bond donors (Lipinski definition) is 1. The van der Waals surface area contributed by atoms with Crippen LogP contribution in [0.3, 0.4) is 0 Å². The molecule has 3 atom stereocenters. The molecule has 1 aliphatic heterocycles. The van der Waals surface area contributed by atoms with E-state index < -0.39 is 11.6 Å². The van der Waals surface area contributed by atoms with Crippen LogP contribution in [-0.2, 0) is 0 Å². The predicted octanol–water partition coefficient (Wildman–Crippen LogP) is 3.79. The Hall–Kier alpha value is -1.00. The molecule has 1 fully saturated rings. The molecule has 4 heteroatoms. The van der Waals surface area contributed by atoms with Crippen LogP contribution in [0.2, 0.25) is 0 Å². The third-order valence-electron chi connectivity index (χ3n) is 3.97. The van der Waals surface area contributed by atoms with Crippen molar-refractivity contribution in [3.8, 4) is 0 Å². The first kappa shape index (κ1) is 14.4. The van der Waals surface area contributed by atoms with Gasteiger partial charge < -0.3 is 0 Å². The summed E-state index contributed by atoms with van der Waals surface area (Å²) in [5.41, 5.74) is 3.87. The van der Waals surface area contributed by atoms with E-state index in [0.29, 0.717) is 17.6 Å². The molecule has 19 heavy (non-hydrogen) atoms. The Kier molecular flexibility index (Phi) is 4.53. The van der Waals surface area contributed by atoms with Crippen LogP contribution in [-0.4, -0.2) is 17.1 Å². The summed E-state index contributed by atoms with van der Waals surface area (Å²) in [4.78, 5) is 0. The van der Waals surface area contributed by atoms with E-state index in [1.165, 1.54) is 18.6 Å². The minimum absolute atomic E-state index is 0.163. The van der Waals surface area contributed by atoms with Crippen molar-refractivity contribution in [2.45, 2.75) is 58.2 Å². The Bertz CT molecular complexity index is 426. The van der Waals surface area contributed by atoms with Crippen molar-refractivity contribution >= 4 is 0 Å². The number of nitrogens with zero attached hydrogens (tertiary/aromatic N) is 1. The van der Waals surface area contributed by atoms with Gasteiger partial charge >= 0.3 is 0 Å². The highest BCUT2D eigenvalue weighted by molar-refractivity contribution is 5.21. The van der Waals surface area contributed by atoms with E-state index in [4.69, 9.17) is 0 Å². The van der Waals surface area contributed by atoms with Crippen molar-refractivity contribution in [3.63, 3.8) is 0 Å². The predicted molar refractivity (Wildman–Crippen MR) is 72.5 cm³/mol. The fourth-order valence-electron chi connectivity index (χ4n) is 2.82. The molecule has 1 aromatic carbocycles. The molecule has 3 unspecified atom stereocenters. The molecule has 1 aliphatic rings. The molecule has 0 aromatic heterocycles. The summed E-state index contributed by atoms with van der Waals surface area (Å²) >= 11 is 0. The van der Waals surface area contributed by atoms with E-state index in [1.807, 2.05) is 6.92 Å². The molecule has 1 N–H and O–H groups in total. The van der Waals surface area contributed by atoms with Crippen LogP contribution in [0.15, 0.2) is 18.2 Å². The molecule has 1 aromatic rings. The lowest BCUT2D eigenvalue weighted by Gasteiger charge is -2.41. The van der Waals surface area contributed by atoms with Gasteiger partial charge in [-0.05, 0) is 39.7 Å². The van der Waals surface area contributed by atoms with E-state index in [9.17, 15) is 8.78 Å². The van der Waals surface area contributed by atoms with Crippen LogP contribution in [0.25, 0.3) is 0 Å². The third-order valence-corrected chi connectivity index (χ3v) is 3.97. The van der Waals surface area contributed by atoms with Crippen LogP contribution in [0.4, 0.5) is 8.78 Å². The van der Waals surface area contributed by atoms with Crippen LogP contribution >= 0.6 is 0 Å². The quantitative estimate of drug-likeness (QED) is 0.897. The van der Waals surface area contributed by atoms with Gasteiger partial charge in [-0.15, -0.1) is 0 Å². The zero-order valence-electron chi connectivity index (χ0n) is 11.8. The number of rotatable bonds is 3.